The first-order valence-corrected chi connectivity index (χ1v) is 10.8. The zero-order valence-electron chi connectivity index (χ0n) is 19.2. The fourth-order valence-corrected chi connectivity index (χ4v) is 3.04. The van der Waals surface area contributed by atoms with E-state index in [9.17, 15) is 9.59 Å². The molecule has 0 atom stereocenters. The molecule has 0 fully saturated rings. The molecule has 3 rings (SSSR count). The molecule has 2 heterocycles. The Bertz CT molecular complexity index is 1060. The number of hydrogen-bond donors (Lipinski definition) is 2. The molecule has 0 saturated carbocycles. The number of nitrogens with zero attached hydrogens (tertiary/aromatic N) is 4. The Morgan fingerprint density at radius 2 is 1.94 bits per heavy atom. The molecule has 9 nitrogen and oxygen atoms in total. The maximum atomic E-state index is 12.4. The fraction of sp³-hybridized carbons (Fsp3) is 0.333. The van der Waals surface area contributed by atoms with Crippen molar-refractivity contribution in [1.82, 2.24) is 19.7 Å². The van der Waals surface area contributed by atoms with Crippen LogP contribution >= 0.6 is 0 Å². The highest BCUT2D eigenvalue weighted by Gasteiger charge is 2.12. The van der Waals surface area contributed by atoms with Gasteiger partial charge in [-0.25, -0.2) is 0 Å². The number of anilines is 2. The minimum atomic E-state index is -0.139. The first-order valence-electron chi connectivity index (χ1n) is 10.8. The number of ether oxygens (including phenoxy) is 1. The van der Waals surface area contributed by atoms with E-state index in [1.54, 1.807) is 24.3 Å². The molecule has 0 spiro atoms. The van der Waals surface area contributed by atoms with Crippen LogP contribution in [0.3, 0.4) is 0 Å². The molecule has 9 heteroatoms. The van der Waals surface area contributed by atoms with Gasteiger partial charge in [-0.1, -0.05) is 17.7 Å². The topological polar surface area (TPSA) is 101 Å². The summed E-state index contributed by atoms with van der Waals surface area (Å²) in [6, 6.07) is 11.6. The number of amides is 2. The van der Waals surface area contributed by atoms with E-state index in [0.717, 1.165) is 17.1 Å². The summed E-state index contributed by atoms with van der Waals surface area (Å²) in [5.74, 6) is 0.541. The number of likely N-dealkylation sites (N-methyl/N-ethyl adjacent to an activating group) is 1. The summed E-state index contributed by atoms with van der Waals surface area (Å²) in [5.41, 5.74) is 3.51. The van der Waals surface area contributed by atoms with Crippen LogP contribution in [0, 0.1) is 13.8 Å². The van der Waals surface area contributed by atoms with Gasteiger partial charge in [-0.05, 0) is 38.1 Å². The van der Waals surface area contributed by atoms with Crippen LogP contribution in [-0.4, -0.2) is 58.2 Å². The monoisotopic (exact) mass is 450 g/mol. The van der Waals surface area contributed by atoms with E-state index in [2.05, 4.69) is 20.7 Å². The molecule has 0 radical (unpaired) electrons. The molecule has 2 amide bonds. The van der Waals surface area contributed by atoms with Crippen molar-refractivity contribution in [3.05, 3.63) is 66.2 Å². The van der Waals surface area contributed by atoms with Gasteiger partial charge in [-0.3, -0.25) is 19.3 Å². The lowest BCUT2D eigenvalue weighted by Crippen LogP contribution is -2.33. The summed E-state index contributed by atoms with van der Waals surface area (Å²) in [6.07, 6.45) is 5.20. The number of pyridine rings is 1. The van der Waals surface area contributed by atoms with E-state index in [1.165, 1.54) is 16.4 Å². The zero-order valence-corrected chi connectivity index (χ0v) is 19.2. The summed E-state index contributed by atoms with van der Waals surface area (Å²) in [5, 5.41) is 10.2. The lowest BCUT2D eigenvalue weighted by atomic mass is 10.2. The smallest absolute Gasteiger partial charge is 0.244 e. The van der Waals surface area contributed by atoms with Gasteiger partial charge < -0.3 is 20.3 Å². The number of nitrogens with one attached hydrogen (secondary N) is 2. The number of aromatic nitrogens is 3. The SMILES string of the molecule is Cc1ccc(OCCN(C)C(=O)Cn2cc(NC(=O)CCNc3cccnc3C)cn2)cc1. The molecule has 0 unspecified atom stereocenters. The van der Waals surface area contributed by atoms with Crippen molar-refractivity contribution in [2.24, 2.45) is 0 Å². The second-order valence-electron chi connectivity index (χ2n) is 7.76. The van der Waals surface area contributed by atoms with Crippen LogP contribution in [0.4, 0.5) is 11.4 Å². The minimum Gasteiger partial charge on any atom is -0.492 e. The largest absolute Gasteiger partial charge is 0.492 e. The van der Waals surface area contributed by atoms with Crippen LogP contribution in [0.5, 0.6) is 5.75 Å². The van der Waals surface area contributed by atoms with Crippen molar-refractivity contribution in [3.63, 3.8) is 0 Å². The van der Waals surface area contributed by atoms with Crippen LogP contribution in [0.25, 0.3) is 0 Å². The van der Waals surface area contributed by atoms with Crippen molar-refractivity contribution >= 4 is 23.2 Å². The Balaban J connectivity index is 1.37. The summed E-state index contributed by atoms with van der Waals surface area (Å²) in [6.45, 7) is 5.36. The van der Waals surface area contributed by atoms with Gasteiger partial charge in [0.05, 0.1) is 29.8 Å². The standard InChI is InChI=1S/C24H30N6O3/c1-18-6-8-21(9-7-18)33-14-13-29(3)24(32)17-30-16-20(15-27-30)28-23(31)10-12-26-22-5-4-11-25-19(22)2/h4-9,11,15-16,26H,10,12-14,17H2,1-3H3,(H,28,31). The minimum absolute atomic E-state index is 0.0821. The molecule has 0 aliphatic heterocycles. The molecular formula is C24H30N6O3. The number of rotatable bonds is 11. The summed E-state index contributed by atoms with van der Waals surface area (Å²) in [4.78, 5) is 30.4. The molecule has 174 valence electrons. The van der Waals surface area contributed by atoms with E-state index >= 15 is 0 Å². The molecule has 33 heavy (non-hydrogen) atoms. The second kappa shape index (κ2) is 11.7. The van der Waals surface area contributed by atoms with Crippen molar-refractivity contribution in [1.29, 1.82) is 0 Å². The highest BCUT2D eigenvalue weighted by atomic mass is 16.5. The van der Waals surface area contributed by atoms with Crippen molar-refractivity contribution in [2.45, 2.75) is 26.8 Å². The van der Waals surface area contributed by atoms with Crippen LogP contribution in [-0.2, 0) is 16.1 Å². The molecule has 0 bridgehead atoms. The lowest BCUT2D eigenvalue weighted by molar-refractivity contribution is -0.131. The normalized spacial score (nSPS) is 10.5. The molecular weight excluding hydrogens is 420 g/mol. The number of hydrogen-bond acceptors (Lipinski definition) is 6. The van der Waals surface area contributed by atoms with E-state index in [-0.39, 0.29) is 18.4 Å². The van der Waals surface area contributed by atoms with Gasteiger partial charge in [0, 0.05) is 32.4 Å². The van der Waals surface area contributed by atoms with E-state index in [0.29, 0.717) is 31.8 Å². The van der Waals surface area contributed by atoms with Crippen molar-refractivity contribution < 1.29 is 14.3 Å². The molecule has 0 saturated heterocycles. The van der Waals surface area contributed by atoms with Crippen LogP contribution in [0.15, 0.2) is 55.0 Å². The van der Waals surface area contributed by atoms with E-state index < -0.39 is 0 Å². The third-order valence-electron chi connectivity index (χ3n) is 5.03. The van der Waals surface area contributed by atoms with Crippen molar-refractivity contribution in [2.75, 3.05) is 37.4 Å². The van der Waals surface area contributed by atoms with Crippen LogP contribution in [0.2, 0.25) is 0 Å². The average Bonchev–Trinajstić information content (AvgIpc) is 3.22. The molecule has 2 aromatic heterocycles. The first kappa shape index (κ1) is 23.8. The average molecular weight is 451 g/mol. The Hall–Kier alpha value is -3.88. The number of aryl methyl sites for hydroxylation is 2. The van der Waals surface area contributed by atoms with Gasteiger partial charge in [0.25, 0.3) is 0 Å². The maximum Gasteiger partial charge on any atom is 0.244 e. The van der Waals surface area contributed by atoms with Gasteiger partial charge in [-0.15, -0.1) is 0 Å². The van der Waals surface area contributed by atoms with Crippen LogP contribution < -0.4 is 15.4 Å². The summed E-state index contributed by atoms with van der Waals surface area (Å²) in [7, 11) is 1.73. The number of carbonyl (C=O) groups excluding carboxylic acids is 2. The third-order valence-corrected chi connectivity index (χ3v) is 5.03. The molecule has 0 aliphatic rings. The van der Waals surface area contributed by atoms with E-state index in [1.807, 2.05) is 50.2 Å². The van der Waals surface area contributed by atoms with Gasteiger partial charge >= 0.3 is 0 Å². The Kier molecular flexibility index (Phi) is 8.40. The molecule has 3 aromatic rings. The summed E-state index contributed by atoms with van der Waals surface area (Å²) >= 11 is 0. The zero-order chi connectivity index (χ0) is 23.6. The Morgan fingerprint density at radius 1 is 1.15 bits per heavy atom. The van der Waals surface area contributed by atoms with Crippen molar-refractivity contribution in [3.8, 4) is 5.75 Å². The summed E-state index contributed by atoms with van der Waals surface area (Å²) < 4.78 is 7.18. The highest BCUT2D eigenvalue weighted by Crippen LogP contribution is 2.12. The Labute approximate surface area is 193 Å². The van der Waals surface area contributed by atoms with E-state index in [4.69, 9.17) is 4.74 Å². The Morgan fingerprint density at radius 3 is 2.70 bits per heavy atom. The maximum absolute atomic E-state index is 12.4. The van der Waals surface area contributed by atoms with Gasteiger partial charge in [0.1, 0.15) is 18.9 Å². The second-order valence-corrected chi connectivity index (χ2v) is 7.76. The molecule has 2 N–H and O–H groups in total. The van der Waals surface area contributed by atoms with Crippen LogP contribution in [0.1, 0.15) is 17.7 Å². The highest BCUT2D eigenvalue weighted by molar-refractivity contribution is 5.90. The molecule has 1 aromatic carbocycles. The third kappa shape index (κ3) is 7.64. The first-order chi connectivity index (χ1) is 15.9. The van der Waals surface area contributed by atoms with Gasteiger partial charge in [0.15, 0.2) is 0 Å². The number of benzene rings is 1. The quantitative estimate of drug-likeness (QED) is 0.466. The fourth-order valence-electron chi connectivity index (χ4n) is 3.04. The number of carbonyl (C=O) groups is 2. The lowest BCUT2D eigenvalue weighted by Gasteiger charge is -2.17. The predicted molar refractivity (Wildman–Crippen MR) is 127 cm³/mol. The molecule has 0 aliphatic carbocycles. The van der Waals surface area contributed by atoms with Gasteiger partial charge in [-0.2, -0.15) is 5.10 Å². The predicted octanol–water partition coefficient (Wildman–Crippen LogP) is 2.87. The van der Waals surface area contributed by atoms with Gasteiger partial charge in [0.2, 0.25) is 11.8 Å².